The number of carboxylic acids is 1. The first-order valence-corrected chi connectivity index (χ1v) is 8.39. The zero-order valence-electron chi connectivity index (χ0n) is 12.8. The number of nitrogens with zero attached hydrogens (tertiary/aromatic N) is 1. The van der Waals surface area contributed by atoms with Gasteiger partial charge in [0.25, 0.3) is 0 Å². The fourth-order valence-electron chi connectivity index (χ4n) is 2.75. The van der Waals surface area contributed by atoms with Crippen LogP contribution in [0.1, 0.15) is 29.2 Å². The van der Waals surface area contributed by atoms with Crippen LogP contribution in [0.2, 0.25) is 0 Å². The number of carbonyl (C=O) groups is 1. The molecule has 3 aromatic rings. The average Bonchev–Trinajstić information content (AvgIpc) is 3.05. The first kappa shape index (κ1) is 15.6. The van der Waals surface area contributed by atoms with Gasteiger partial charge in [0.1, 0.15) is 0 Å². The van der Waals surface area contributed by atoms with E-state index in [1.165, 1.54) is 0 Å². The maximum absolute atomic E-state index is 11.1. The van der Waals surface area contributed by atoms with Gasteiger partial charge in [0.15, 0.2) is 0 Å². The molecule has 0 aliphatic heterocycles. The molecule has 0 radical (unpaired) electrons. The third-order valence-electron chi connectivity index (χ3n) is 3.83. The lowest BCUT2D eigenvalue weighted by atomic mass is 10.0. The number of hydrogen-bond acceptors (Lipinski definition) is 4. The van der Waals surface area contributed by atoms with Crippen molar-refractivity contribution in [2.24, 2.45) is 0 Å². The van der Waals surface area contributed by atoms with E-state index in [2.05, 4.69) is 22.4 Å². The quantitative estimate of drug-likeness (QED) is 0.721. The second-order valence-corrected chi connectivity index (χ2v) is 6.36. The van der Waals surface area contributed by atoms with Crippen molar-refractivity contribution in [3.05, 3.63) is 64.0 Å². The third kappa shape index (κ3) is 3.75. The molecule has 0 saturated carbocycles. The van der Waals surface area contributed by atoms with E-state index >= 15 is 0 Å². The molecule has 1 unspecified atom stereocenters. The molecule has 0 aliphatic carbocycles. The van der Waals surface area contributed by atoms with Crippen molar-refractivity contribution < 1.29 is 9.90 Å². The Hall–Kier alpha value is -2.24. The predicted molar refractivity (Wildman–Crippen MR) is 92.6 cm³/mol. The Morgan fingerprint density at radius 2 is 2.26 bits per heavy atom. The minimum atomic E-state index is -0.799. The van der Waals surface area contributed by atoms with Gasteiger partial charge in [-0.2, -0.15) is 11.3 Å². The summed E-state index contributed by atoms with van der Waals surface area (Å²) in [6.07, 6.45) is 1.87. The number of benzene rings is 1. The van der Waals surface area contributed by atoms with Crippen LogP contribution >= 0.6 is 11.3 Å². The van der Waals surface area contributed by atoms with Gasteiger partial charge in [0.05, 0.1) is 11.9 Å². The highest BCUT2D eigenvalue weighted by Crippen LogP contribution is 2.22. The molecule has 1 atom stereocenters. The average molecular weight is 326 g/mol. The van der Waals surface area contributed by atoms with Crippen LogP contribution in [-0.4, -0.2) is 16.1 Å². The van der Waals surface area contributed by atoms with Gasteiger partial charge in [0.2, 0.25) is 0 Å². The van der Waals surface area contributed by atoms with Gasteiger partial charge in [0, 0.05) is 24.2 Å². The number of aromatic nitrogens is 1. The fourth-order valence-corrected chi connectivity index (χ4v) is 3.46. The Balaban J connectivity index is 1.79. The number of hydrogen-bond donors (Lipinski definition) is 2. The number of aliphatic carboxylic acids is 1. The number of aryl methyl sites for hydroxylation is 1. The normalized spacial score (nSPS) is 12.4. The van der Waals surface area contributed by atoms with Crippen LogP contribution in [0.5, 0.6) is 0 Å². The van der Waals surface area contributed by atoms with E-state index in [0.717, 1.165) is 27.6 Å². The van der Waals surface area contributed by atoms with E-state index in [9.17, 15) is 4.79 Å². The molecule has 2 N–H and O–H groups in total. The minimum absolute atomic E-state index is 0.0743. The molecule has 0 bridgehead atoms. The van der Waals surface area contributed by atoms with Gasteiger partial charge in [-0.25, -0.2) is 0 Å². The molecule has 0 aliphatic rings. The summed E-state index contributed by atoms with van der Waals surface area (Å²) < 4.78 is 0. The number of carboxylic acid groups (broad SMARTS) is 1. The molecule has 0 amide bonds. The van der Waals surface area contributed by atoms with Crippen LogP contribution in [0.25, 0.3) is 10.9 Å². The second-order valence-electron chi connectivity index (χ2n) is 5.58. The maximum Gasteiger partial charge on any atom is 0.305 e. The summed E-state index contributed by atoms with van der Waals surface area (Å²) in [5.74, 6) is -0.799. The van der Waals surface area contributed by atoms with Gasteiger partial charge in [-0.15, -0.1) is 0 Å². The lowest BCUT2D eigenvalue weighted by Gasteiger charge is -2.16. The number of nitrogens with one attached hydrogen (secondary N) is 1. The highest BCUT2D eigenvalue weighted by Gasteiger charge is 2.15. The number of thiophene rings is 1. The zero-order chi connectivity index (χ0) is 16.2. The van der Waals surface area contributed by atoms with Crippen LogP contribution in [0.3, 0.4) is 0 Å². The molecule has 3 rings (SSSR count). The standard InChI is InChI=1S/C18H18N2O2S/c1-12-7-13(8-14-3-2-5-19-18(12)14)10-20-16(9-17(21)22)15-4-6-23-11-15/h2-8,11,16,20H,9-10H2,1H3,(H,21,22). The van der Waals surface area contributed by atoms with E-state index in [1.807, 2.05) is 35.9 Å². The molecule has 0 saturated heterocycles. The number of fused-ring (bicyclic) bond motifs is 1. The van der Waals surface area contributed by atoms with Crippen molar-refractivity contribution in [3.8, 4) is 0 Å². The van der Waals surface area contributed by atoms with Crippen molar-refractivity contribution >= 4 is 28.2 Å². The number of pyridine rings is 1. The summed E-state index contributed by atoms with van der Waals surface area (Å²) in [6.45, 7) is 2.67. The number of rotatable bonds is 6. The van der Waals surface area contributed by atoms with E-state index in [-0.39, 0.29) is 12.5 Å². The van der Waals surface area contributed by atoms with E-state index in [4.69, 9.17) is 5.11 Å². The molecule has 2 heterocycles. The topological polar surface area (TPSA) is 62.2 Å². The van der Waals surface area contributed by atoms with Crippen LogP contribution in [0.4, 0.5) is 0 Å². The summed E-state index contributed by atoms with van der Waals surface area (Å²) in [5, 5.41) is 17.6. The second kappa shape index (κ2) is 6.89. The van der Waals surface area contributed by atoms with Crippen molar-refractivity contribution in [3.63, 3.8) is 0 Å². The SMILES string of the molecule is Cc1cc(CNC(CC(=O)O)c2ccsc2)cc2cccnc12. The smallest absolute Gasteiger partial charge is 0.305 e. The lowest BCUT2D eigenvalue weighted by Crippen LogP contribution is -2.23. The first-order valence-electron chi connectivity index (χ1n) is 7.45. The first-order chi connectivity index (χ1) is 11.1. The molecular weight excluding hydrogens is 308 g/mol. The summed E-state index contributed by atoms with van der Waals surface area (Å²) in [7, 11) is 0. The van der Waals surface area contributed by atoms with Gasteiger partial charge < -0.3 is 10.4 Å². The fraction of sp³-hybridized carbons (Fsp3) is 0.222. The van der Waals surface area contributed by atoms with Crippen molar-refractivity contribution in [1.29, 1.82) is 0 Å². The highest BCUT2D eigenvalue weighted by molar-refractivity contribution is 7.07. The van der Waals surface area contributed by atoms with Crippen LogP contribution in [0, 0.1) is 6.92 Å². The zero-order valence-corrected chi connectivity index (χ0v) is 13.6. The molecule has 4 nitrogen and oxygen atoms in total. The van der Waals surface area contributed by atoms with Crippen LogP contribution in [-0.2, 0) is 11.3 Å². The Morgan fingerprint density at radius 3 is 3.00 bits per heavy atom. The maximum atomic E-state index is 11.1. The van der Waals surface area contributed by atoms with E-state index in [0.29, 0.717) is 6.54 Å². The van der Waals surface area contributed by atoms with Crippen molar-refractivity contribution in [2.75, 3.05) is 0 Å². The molecule has 23 heavy (non-hydrogen) atoms. The Kier molecular flexibility index (Phi) is 4.69. The summed E-state index contributed by atoms with van der Waals surface area (Å²) in [4.78, 5) is 15.5. The predicted octanol–water partition coefficient (Wildman–Crippen LogP) is 3.91. The van der Waals surface area contributed by atoms with E-state index < -0.39 is 5.97 Å². The molecule has 0 fully saturated rings. The Morgan fingerprint density at radius 1 is 1.39 bits per heavy atom. The monoisotopic (exact) mass is 326 g/mol. The summed E-state index contributed by atoms with van der Waals surface area (Å²) in [6, 6.07) is 9.98. The van der Waals surface area contributed by atoms with Crippen molar-refractivity contribution in [1.82, 2.24) is 10.3 Å². The molecule has 2 aromatic heterocycles. The van der Waals surface area contributed by atoms with Crippen molar-refractivity contribution in [2.45, 2.75) is 25.9 Å². The van der Waals surface area contributed by atoms with Gasteiger partial charge in [-0.05, 0) is 52.6 Å². The molecule has 1 aromatic carbocycles. The summed E-state index contributed by atoms with van der Waals surface area (Å²) in [5.41, 5.74) is 4.30. The van der Waals surface area contributed by atoms with Gasteiger partial charge >= 0.3 is 5.97 Å². The highest BCUT2D eigenvalue weighted by atomic mass is 32.1. The molecular formula is C18H18N2O2S. The molecule has 118 valence electrons. The lowest BCUT2D eigenvalue weighted by molar-refractivity contribution is -0.137. The molecule has 0 spiro atoms. The summed E-state index contributed by atoms with van der Waals surface area (Å²) >= 11 is 1.58. The third-order valence-corrected chi connectivity index (χ3v) is 4.53. The van der Waals surface area contributed by atoms with Crippen LogP contribution < -0.4 is 5.32 Å². The van der Waals surface area contributed by atoms with Gasteiger partial charge in [-0.1, -0.05) is 12.1 Å². The van der Waals surface area contributed by atoms with Gasteiger partial charge in [-0.3, -0.25) is 9.78 Å². The Bertz CT molecular complexity index is 815. The molecule has 5 heteroatoms. The van der Waals surface area contributed by atoms with E-state index in [1.54, 1.807) is 17.5 Å². The van der Waals surface area contributed by atoms with Crippen LogP contribution in [0.15, 0.2) is 47.3 Å². The minimum Gasteiger partial charge on any atom is -0.481 e. The largest absolute Gasteiger partial charge is 0.481 e. The Labute approximate surface area is 138 Å².